The Labute approximate surface area is 116 Å². The Morgan fingerprint density at radius 3 is 2.95 bits per heavy atom. The van der Waals surface area contributed by atoms with E-state index in [9.17, 15) is 0 Å². The maximum absolute atomic E-state index is 5.83. The summed E-state index contributed by atoms with van der Waals surface area (Å²) in [6.45, 7) is 0.710. The minimum atomic E-state index is 0.531. The predicted octanol–water partition coefficient (Wildman–Crippen LogP) is 4.18. The largest absolute Gasteiger partial charge is 0.464 e. The summed E-state index contributed by atoms with van der Waals surface area (Å²) in [5.41, 5.74) is 3.14. The van der Waals surface area contributed by atoms with Gasteiger partial charge in [0.1, 0.15) is 11.4 Å². The molecular weight excluding hydrogens is 260 g/mol. The Morgan fingerprint density at radius 1 is 1.16 bits per heavy atom. The quantitative estimate of drug-likeness (QED) is 0.724. The molecule has 0 spiro atoms. The van der Waals surface area contributed by atoms with E-state index in [1.807, 2.05) is 24.3 Å². The second kappa shape index (κ2) is 5.33. The maximum atomic E-state index is 5.83. The molecule has 0 atom stereocenters. The number of alkyl halides is 1. The van der Waals surface area contributed by atoms with E-state index >= 15 is 0 Å². The van der Waals surface area contributed by atoms with E-state index in [-0.39, 0.29) is 0 Å². The lowest BCUT2D eigenvalue weighted by atomic mass is 10.1. The summed E-state index contributed by atoms with van der Waals surface area (Å²) in [7, 11) is 0. The molecule has 3 nitrogen and oxygen atoms in total. The first kappa shape index (κ1) is 12.1. The zero-order valence-corrected chi connectivity index (χ0v) is 11.0. The van der Waals surface area contributed by atoms with Crippen LogP contribution in [0.15, 0.2) is 53.3 Å². The summed E-state index contributed by atoms with van der Waals surface area (Å²) in [5, 5.41) is 4.32. The average molecular weight is 273 g/mol. The lowest BCUT2D eigenvalue weighted by Crippen LogP contribution is -2.01. The smallest absolute Gasteiger partial charge is 0.139 e. The van der Waals surface area contributed by atoms with Gasteiger partial charge in [-0.15, -0.1) is 11.6 Å². The van der Waals surface area contributed by atoms with Crippen molar-refractivity contribution >= 4 is 28.4 Å². The minimum absolute atomic E-state index is 0.531. The molecule has 0 aliphatic rings. The van der Waals surface area contributed by atoms with Gasteiger partial charge in [0.05, 0.1) is 11.6 Å². The zero-order chi connectivity index (χ0) is 13.1. The number of pyridine rings is 1. The van der Waals surface area contributed by atoms with E-state index < -0.39 is 0 Å². The van der Waals surface area contributed by atoms with E-state index in [0.717, 1.165) is 22.4 Å². The number of anilines is 1. The highest BCUT2D eigenvalue weighted by Gasteiger charge is 2.04. The van der Waals surface area contributed by atoms with Gasteiger partial charge in [-0.25, -0.2) is 4.98 Å². The van der Waals surface area contributed by atoms with Gasteiger partial charge >= 0.3 is 0 Å². The number of aromatic nitrogens is 1. The van der Waals surface area contributed by atoms with Crippen LogP contribution in [0.4, 0.5) is 5.82 Å². The summed E-state index contributed by atoms with van der Waals surface area (Å²) in [4.78, 5) is 4.34. The molecule has 0 unspecified atom stereocenters. The Bertz CT molecular complexity index is 693. The van der Waals surface area contributed by atoms with Gasteiger partial charge in [0.25, 0.3) is 0 Å². The standard InChI is InChI=1S/C15H13ClN2O/c16-9-11-2-1-3-12(8-11)10-18-15-13-5-7-19-14(13)4-6-17-15/h1-8H,9-10H2,(H,17,18). The van der Waals surface area contributed by atoms with Crippen molar-refractivity contribution in [1.29, 1.82) is 0 Å². The highest BCUT2D eigenvalue weighted by Crippen LogP contribution is 2.22. The fourth-order valence-corrected chi connectivity index (χ4v) is 2.21. The van der Waals surface area contributed by atoms with Gasteiger partial charge < -0.3 is 9.73 Å². The molecule has 0 saturated heterocycles. The molecule has 1 aromatic carbocycles. The molecule has 0 radical (unpaired) electrons. The van der Waals surface area contributed by atoms with Gasteiger partial charge in [0.15, 0.2) is 0 Å². The number of nitrogens with zero attached hydrogens (tertiary/aromatic N) is 1. The van der Waals surface area contributed by atoms with Gasteiger partial charge in [0, 0.05) is 18.6 Å². The van der Waals surface area contributed by atoms with E-state index in [0.29, 0.717) is 12.4 Å². The van der Waals surface area contributed by atoms with Crippen LogP contribution >= 0.6 is 11.6 Å². The van der Waals surface area contributed by atoms with Crippen molar-refractivity contribution in [3.8, 4) is 0 Å². The van der Waals surface area contributed by atoms with Crippen LogP contribution in [0.25, 0.3) is 11.0 Å². The normalized spacial score (nSPS) is 10.8. The van der Waals surface area contributed by atoms with E-state index in [1.165, 1.54) is 5.56 Å². The fourth-order valence-electron chi connectivity index (χ4n) is 2.04. The van der Waals surface area contributed by atoms with Gasteiger partial charge in [-0.2, -0.15) is 0 Å². The van der Waals surface area contributed by atoms with Crippen molar-refractivity contribution in [3.63, 3.8) is 0 Å². The molecule has 96 valence electrons. The number of rotatable bonds is 4. The molecule has 3 aromatic rings. The van der Waals surface area contributed by atoms with Crippen molar-refractivity contribution in [1.82, 2.24) is 4.98 Å². The number of nitrogens with one attached hydrogen (secondary N) is 1. The molecule has 2 aromatic heterocycles. The number of hydrogen-bond acceptors (Lipinski definition) is 3. The van der Waals surface area contributed by atoms with Crippen LogP contribution in [0.5, 0.6) is 0 Å². The molecular formula is C15H13ClN2O. The maximum Gasteiger partial charge on any atom is 0.139 e. The summed E-state index contributed by atoms with van der Waals surface area (Å²) >= 11 is 5.83. The SMILES string of the molecule is ClCc1cccc(CNc2nccc3occc23)c1. The van der Waals surface area contributed by atoms with Crippen LogP contribution < -0.4 is 5.32 Å². The van der Waals surface area contributed by atoms with Crippen molar-refractivity contribution in [2.75, 3.05) is 5.32 Å². The van der Waals surface area contributed by atoms with Crippen LogP contribution in [0.2, 0.25) is 0 Å². The van der Waals surface area contributed by atoms with Gasteiger partial charge in [-0.05, 0) is 23.3 Å². The van der Waals surface area contributed by atoms with E-state index in [1.54, 1.807) is 12.5 Å². The van der Waals surface area contributed by atoms with Crippen LogP contribution in [0.3, 0.4) is 0 Å². The third kappa shape index (κ3) is 2.56. The highest BCUT2D eigenvalue weighted by molar-refractivity contribution is 6.17. The van der Waals surface area contributed by atoms with Gasteiger partial charge in [0.2, 0.25) is 0 Å². The van der Waals surface area contributed by atoms with Crippen LogP contribution in [-0.2, 0) is 12.4 Å². The van der Waals surface area contributed by atoms with Crippen LogP contribution in [0, 0.1) is 0 Å². The molecule has 0 saturated carbocycles. The molecule has 19 heavy (non-hydrogen) atoms. The monoisotopic (exact) mass is 272 g/mol. The Hall–Kier alpha value is -2.00. The predicted molar refractivity (Wildman–Crippen MR) is 77.3 cm³/mol. The first-order chi connectivity index (χ1) is 9.36. The summed E-state index contributed by atoms with van der Waals surface area (Å²) in [5.74, 6) is 1.37. The molecule has 4 heteroatoms. The highest BCUT2D eigenvalue weighted by atomic mass is 35.5. The third-order valence-electron chi connectivity index (χ3n) is 2.99. The molecule has 3 rings (SSSR count). The average Bonchev–Trinajstić information content (AvgIpc) is 2.94. The lowest BCUT2D eigenvalue weighted by Gasteiger charge is -2.07. The molecule has 1 N–H and O–H groups in total. The molecule has 0 fully saturated rings. The van der Waals surface area contributed by atoms with Gasteiger partial charge in [-0.1, -0.05) is 24.3 Å². The second-order valence-electron chi connectivity index (χ2n) is 4.30. The van der Waals surface area contributed by atoms with Crippen LogP contribution in [-0.4, -0.2) is 4.98 Å². The fraction of sp³-hybridized carbons (Fsp3) is 0.133. The molecule has 2 heterocycles. The van der Waals surface area contributed by atoms with Crippen molar-refractivity contribution in [2.24, 2.45) is 0 Å². The first-order valence-electron chi connectivity index (χ1n) is 6.06. The van der Waals surface area contributed by atoms with Crippen LogP contribution in [0.1, 0.15) is 11.1 Å². The Kier molecular flexibility index (Phi) is 3.38. The summed E-state index contributed by atoms with van der Waals surface area (Å²) in [6.07, 6.45) is 3.41. The molecule has 0 amide bonds. The first-order valence-corrected chi connectivity index (χ1v) is 6.60. The Balaban J connectivity index is 1.80. The topological polar surface area (TPSA) is 38.1 Å². The second-order valence-corrected chi connectivity index (χ2v) is 4.57. The van der Waals surface area contributed by atoms with E-state index in [2.05, 4.69) is 22.4 Å². The Morgan fingerprint density at radius 2 is 2.05 bits per heavy atom. The molecule has 0 aliphatic carbocycles. The third-order valence-corrected chi connectivity index (χ3v) is 3.29. The van der Waals surface area contributed by atoms with E-state index in [4.69, 9.17) is 16.0 Å². The van der Waals surface area contributed by atoms with Crippen molar-refractivity contribution < 1.29 is 4.42 Å². The molecule has 0 aliphatic heterocycles. The number of benzene rings is 1. The number of fused-ring (bicyclic) bond motifs is 1. The van der Waals surface area contributed by atoms with Gasteiger partial charge in [-0.3, -0.25) is 0 Å². The zero-order valence-electron chi connectivity index (χ0n) is 10.3. The minimum Gasteiger partial charge on any atom is -0.464 e. The van der Waals surface area contributed by atoms with Crippen molar-refractivity contribution in [2.45, 2.75) is 12.4 Å². The number of furan rings is 1. The lowest BCUT2D eigenvalue weighted by molar-refractivity contribution is 0.615. The number of hydrogen-bond donors (Lipinski definition) is 1. The summed E-state index contributed by atoms with van der Waals surface area (Å²) < 4.78 is 5.35. The molecule has 0 bridgehead atoms. The number of halogens is 1. The summed E-state index contributed by atoms with van der Waals surface area (Å²) in [6, 6.07) is 12.0. The van der Waals surface area contributed by atoms with Crippen molar-refractivity contribution in [3.05, 3.63) is 60.0 Å².